The Morgan fingerprint density at radius 1 is 1.69 bits per heavy atom. The topological polar surface area (TPSA) is 29.1 Å². The Balaban J connectivity index is 2.61. The molecule has 0 aliphatic heterocycles. The lowest BCUT2D eigenvalue weighted by molar-refractivity contribution is -0.121. The Kier molecular flexibility index (Phi) is 3.77. The summed E-state index contributed by atoms with van der Waals surface area (Å²) < 4.78 is 0. The third-order valence-corrected chi connectivity index (χ3v) is 3.86. The van der Waals surface area contributed by atoms with Crippen LogP contribution in [-0.4, -0.2) is 16.8 Å². The van der Waals surface area contributed by atoms with E-state index >= 15 is 0 Å². The predicted molar refractivity (Wildman–Crippen MR) is 58.0 cm³/mol. The molecule has 0 heterocycles. The Morgan fingerprint density at radius 3 is 2.85 bits per heavy atom. The van der Waals surface area contributed by atoms with Gasteiger partial charge in [0.15, 0.2) is 0 Å². The number of carbonyl (C=O) groups excluding carboxylic acids is 1. The van der Waals surface area contributed by atoms with Crippen LogP contribution in [-0.2, 0) is 4.79 Å². The van der Waals surface area contributed by atoms with Crippen LogP contribution >= 0.6 is 15.9 Å². The van der Waals surface area contributed by atoms with Crippen molar-refractivity contribution >= 4 is 21.8 Å². The molecule has 0 radical (unpaired) electrons. The van der Waals surface area contributed by atoms with Crippen LogP contribution in [0.5, 0.6) is 0 Å². The van der Waals surface area contributed by atoms with Gasteiger partial charge in [-0.15, -0.1) is 0 Å². The Morgan fingerprint density at radius 2 is 2.38 bits per heavy atom. The number of hydrogen-bond donors (Lipinski definition) is 1. The molecular formula is C10H18BrNO. The molecule has 0 spiro atoms. The molecule has 76 valence electrons. The summed E-state index contributed by atoms with van der Waals surface area (Å²) >= 11 is 3.51. The summed E-state index contributed by atoms with van der Waals surface area (Å²) in [5.41, 5.74) is 0.0313. The van der Waals surface area contributed by atoms with E-state index in [-0.39, 0.29) is 11.4 Å². The molecule has 2 atom stereocenters. The van der Waals surface area contributed by atoms with Crippen LogP contribution in [0.1, 0.15) is 39.5 Å². The van der Waals surface area contributed by atoms with Gasteiger partial charge in [-0.25, -0.2) is 0 Å². The van der Waals surface area contributed by atoms with E-state index in [2.05, 4.69) is 28.2 Å². The number of halogens is 1. The lowest BCUT2D eigenvalue weighted by Gasteiger charge is -2.39. The average molecular weight is 248 g/mol. The first-order valence-electron chi connectivity index (χ1n) is 4.93. The molecule has 0 bridgehead atoms. The highest BCUT2D eigenvalue weighted by molar-refractivity contribution is 9.09. The van der Waals surface area contributed by atoms with E-state index in [1.807, 2.05) is 0 Å². The van der Waals surface area contributed by atoms with Crippen molar-refractivity contribution in [2.45, 2.75) is 45.1 Å². The van der Waals surface area contributed by atoms with Gasteiger partial charge in [0.1, 0.15) is 0 Å². The van der Waals surface area contributed by atoms with Crippen molar-refractivity contribution in [2.24, 2.45) is 5.92 Å². The zero-order valence-electron chi connectivity index (χ0n) is 8.40. The fourth-order valence-electron chi connectivity index (χ4n) is 2.30. The molecule has 1 N–H and O–H groups in total. The third-order valence-electron chi connectivity index (χ3n) is 2.79. The number of alkyl halides is 1. The van der Waals surface area contributed by atoms with Crippen molar-refractivity contribution in [3.63, 3.8) is 0 Å². The van der Waals surface area contributed by atoms with Crippen molar-refractivity contribution < 1.29 is 4.79 Å². The van der Waals surface area contributed by atoms with E-state index in [0.29, 0.717) is 0 Å². The first kappa shape index (κ1) is 11.0. The summed E-state index contributed by atoms with van der Waals surface area (Å²) in [6.45, 7) is 3.86. The fourth-order valence-corrected chi connectivity index (χ4v) is 2.95. The van der Waals surface area contributed by atoms with Gasteiger partial charge >= 0.3 is 0 Å². The minimum atomic E-state index is 0.0313. The van der Waals surface area contributed by atoms with Crippen molar-refractivity contribution in [3.05, 3.63) is 0 Å². The van der Waals surface area contributed by atoms with E-state index in [4.69, 9.17) is 0 Å². The van der Waals surface area contributed by atoms with Crippen LogP contribution in [0, 0.1) is 5.92 Å². The average Bonchev–Trinajstić information content (AvgIpc) is 2.03. The van der Waals surface area contributed by atoms with E-state index < -0.39 is 0 Å². The molecule has 3 heteroatoms. The summed E-state index contributed by atoms with van der Waals surface area (Å²) in [7, 11) is 0. The summed E-state index contributed by atoms with van der Waals surface area (Å²) in [4.78, 5) is 11.1. The molecule has 13 heavy (non-hydrogen) atoms. The van der Waals surface area contributed by atoms with Crippen LogP contribution in [0.15, 0.2) is 0 Å². The minimum Gasteiger partial charge on any atom is -0.350 e. The highest BCUT2D eigenvalue weighted by Crippen LogP contribution is 2.33. The molecule has 0 aromatic heterocycles. The number of nitrogens with one attached hydrogen (secondary N) is 1. The van der Waals surface area contributed by atoms with Gasteiger partial charge in [0.25, 0.3) is 0 Å². The summed E-state index contributed by atoms with van der Waals surface area (Å²) in [5, 5.41) is 3.97. The molecule has 1 aliphatic rings. The van der Waals surface area contributed by atoms with E-state index in [0.717, 1.165) is 24.1 Å². The predicted octanol–water partition coefficient (Wildman–Crippen LogP) is 2.47. The number of amides is 1. The minimum absolute atomic E-state index is 0.0313. The van der Waals surface area contributed by atoms with E-state index in [1.54, 1.807) is 6.92 Å². The standard InChI is InChI=1S/C10H18BrNO/c1-8-4-3-5-10(6-8,7-11)12-9(2)13/h8H,3-7H2,1-2H3,(H,12,13). The lowest BCUT2D eigenvalue weighted by atomic mass is 9.77. The quantitative estimate of drug-likeness (QED) is 0.747. The van der Waals surface area contributed by atoms with Crippen LogP contribution in [0.2, 0.25) is 0 Å². The van der Waals surface area contributed by atoms with Gasteiger partial charge in [-0.3, -0.25) is 4.79 Å². The van der Waals surface area contributed by atoms with Crippen molar-refractivity contribution in [1.82, 2.24) is 5.32 Å². The molecule has 0 aromatic rings. The van der Waals surface area contributed by atoms with Gasteiger partial charge in [-0.2, -0.15) is 0 Å². The first-order chi connectivity index (χ1) is 6.08. The molecule has 1 amide bonds. The lowest BCUT2D eigenvalue weighted by Crippen LogP contribution is -2.51. The summed E-state index contributed by atoms with van der Waals surface area (Å²) in [6.07, 6.45) is 4.75. The zero-order chi connectivity index (χ0) is 9.90. The Bertz CT molecular complexity index is 195. The zero-order valence-corrected chi connectivity index (χ0v) is 9.99. The highest BCUT2D eigenvalue weighted by Gasteiger charge is 2.34. The van der Waals surface area contributed by atoms with Crippen molar-refractivity contribution in [1.29, 1.82) is 0 Å². The normalized spacial score (nSPS) is 34.2. The molecule has 2 nitrogen and oxygen atoms in total. The maximum Gasteiger partial charge on any atom is 0.217 e. The molecule has 0 aromatic carbocycles. The van der Waals surface area contributed by atoms with Crippen LogP contribution in [0.4, 0.5) is 0 Å². The molecule has 1 rings (SSSR count). The number of carbonyl (C=O) groups is 1. The molecule has 1 fully saturated rings. The molecule has 1 saturated carbocycles. The van der Waals surface area contributed by atoms with E-state index in [9.17, 15) is 4.79 Å². The maximum atomic E-state index is 11.1. The maximum absolute atomic E-state index is 11.1. The fraction of sp³-hybridized carbons (Fsp3) is 0.900. The first-order valence-corrected chi connectivity index (χ1v) is 6.05. The Labute approximate surface area is 88.6 Å². The summed E-state index contributed by atoms with van der Waals surface area (Å²) in [6, 6.07) is 0. The van der Waals surface area contributed by atoms with Crippen molar-refractivity contribution in [2.75, 3.05) is 5.33 Å². The molecular weight excluding hydrogens is 230 g/mol. The third kappa shape index (κ3) is 2.97. The van der Waals surface area contributed by atoms with Gasteiger partial charge in [-0.05, 0) is 18.8 Å². The largest absolute Gasteiger partial charge is 0.350 e. The second-order valence-electron chi connectivity index (χ2n) is 4.30. The monoisotopic (exact) mass is 247 g/mol. The van der Waals surface area contributed by atoms with Crippen LogP contribution in [0.3, 0.4) is 0 Å². The van der Waals surface area contributed by atoms with Gasteiger partial charge < -0.3 is 5.32 Å². The summed E-state index contributed by atoms with van der Waals surface area (Å²) in [5.74, 6) is 0.826. The SMILES string of the molecule is CC(=O)NC1(CBr)CCCC(C)C1. The molecule has 2 unspecified atom stereocenters. The van der Waals surface area contributed by atoms with Crippen LogP contribution in [0.25, 0.3) is 0 Å². The van der Waals surface area contributed by atoms with E-state index in [1.165, 1.54) is 12.8 Å². The van der Waals surface area contributed by atoms with Gasteiger partial charge in [0.2, 0.25) is 5.91 Å². The van der Waals surface area contributed by atoms with Gasteiger partial charge in [0, 0.05) is 17.8 Å². The van der Waals surface area contributed by atoms with Crippen LogP contribution < -0.4 is 5.32 Å². The van der Waals surface area contributed by atoms with Gasteiger partial charge in [-0.1, -0.05) is 35.7 Å². The second-order valence-corrected chi connectivity index (χ2v) is 4.86. The second kappa shape index (κ2) is 4.45. The molecule has 1 aliphatic carbocycles. The number of hydrogen-bond acceptors (Lipinski definition) is 1. The smallest absolute Gasteiger partial charge is 0.217 e. The van der Waals surface area contributed by atoms with Gasteiger partial charge in [0.05, 0.1) is 0 Å². The highest BCUT2D eigenvalue weighted by atomic mass is 79.9. The van der Waals surface area contributed by atoms with Crippen molar-refractivity contribution in [3.8, 4) is 0 Å². The molecule has 0 saturated heterocycles. The number of rotatable bonds is 2. The Hall–Kier alpha value is -0.0500.